The maximum Gasteiger partial charge on any atom is 0.144 e. The predicted molar refractivity (Wildman–Crippen MR) is 79.8 cm³/mol. The van der Waals surface area contributed by atoms with Crippen LogP contribution in [0.15, 0.2) is 12.4 Å². The molecular weight excluding hydrogens is 292 g/mol. The number of aromatic amines is 1. The molecule has 0 amide bonds. The van der Waals surface area contributed by atoms with E-state index in [0.717, 1.165) is 23.4 Å². The number of ether oxygens (including phenoxy) is 2. The second kappa shape index (κ2) is 4.56. The molecule has 4 heterocycles. The van der Waals surface area contributed by atoms with Crippen LogP contribution in [0.5, 0.6) is 0 Å². The van der Waals surface area contributed by atoms with Gasteiger partial charge in [-0.2, -0.15) is 0 Å². The Morgan fingerprint density at radius 1 is 1.38 bits per heavy atom. The Kier molecular flexibility index (Phi) is 2.89. The van der Waals surface area contributed by atoms with Crippen molar-refractivity contribution in [2.45, 2.75) is 31.6 Å². The van der Waals surface area contributed by atoms with Gasteiger partial charge in [-0.1, -0.05) is 11.6 Å². The molecule has 2 aromatic heterocycles. The molecule has 2 saturated heterocycles. The fourth-order valence-electron chi connectivity index (χ4n) is 3.26. The van der Waals surface area contributed by atoms with Crippen molar-refractivity contribution in [3.63, 3.8) is 0 Å². The van der Waals surface area contributed by atoms with E-state index >= 15 is 0 Å². The molecule has 6 nitrogen and oxygen atoms in total. The molecule has 0 bridgehead atoms. The first-order chi connectivity index (χ1) is 10.0. The van der Waals surface area contributed by atoms with Crippen molar-refractivity contribution in [2.75, 3.05) is 24.7 Å². The lowest BCUT2D eigenvalue weighted by Gasteiger charge is -2.45. The van der Waals surface area contributed by atoms with E-state index in [1.165, 1.54) is 0 Å². The quantitative estimate of drug-likeness (QED) is 0.873. The molecule has 112 valence electrons. The van der Waals surface area contributed by atoms with E-state index in [9.17, 15) is 0 Å². The van der Waals surface area contributed by atoms with Crippen LogP contribution in [-0.2, 0) is 9.47 Å². The summed E-state index contributed by atoms with van der Waals surface area (Å²) in [5, 5.41) is 1.50. The minimum Gasteiger partial charge on any atom is -0.376 e. The highest BCUT2D eigenvalue weighted by molar-refractivity contribution is 6.30. The van der Waals surface area contributed by atoms with E-state index in [0.29, 0.717) is 18.4 Å². The third kappa shape index (κ3) is 2.18. The number of fused-ring (bicyclic) bond motifs is 2. The van der Waals surface area contributed by atoms with Gasteiger partial charge in [0.1, 0.15) is 29.0 Å². The number of nitrogens with one attached hydrogen (secondary N) is 1. The van der Waals surface area contributed by atoms with E-state index < -0.39 is 0 Å². The highest BCUT2D eigenvalue weighted by Gasteiger charge is 2.45. The lowest BCUT2D eigenvalue weighted by Crippen LogP contribution is -2.58. The summed E-state index contributed by atoms with van der Waals surface area (Å²) in [5.41, 5.74) is 0.511. The molecule has 0 spiro atoms. The summed E-state index contributed by atoms with van der Waals surface area (Å²) in [4.78, 5) is 14.1. The van der Waals surface area contributed by atoms with Crippen molar-refractivity contribution < 1.29 is 9.47 Å². The average Bonchev–Trinajstić information content (AvgIpc) is 3.00. The summed E-state index contributed by atoms with van der Waals surface area (Å²) >= 11 is 6.07. The Balaban J connectivity index is 1.82. The van der Waals surface area contributed by atoms with E-state index in [4.69, 9.17) is 21.1 Å². The maximum atomic E-state index is 6.12. The third-order valence-electron chi connectivity index (χ3n) is 4.07. The predicted octanol–water partition coefficient (Wildman–Crippen LogP) is 1.99. The van der Waals surface area contributed by atoms with Crippen LogP contribution in [-0.4, -0.2) is 52.5 Å². The minimum absolute atomic E-state index is 0.0770. The molecule has 2 fully saturated rings. The maximum absolute atomic E-state index is 6.12. The van der Waals surface area contributed by atoms with Gasteiger partial charge >= 0.3 is 0 Å². The molecule has 2 aliphatic rings. The molecule has 0 aliphatic carbocycles. The van der Waals surface area contributed by atoms with E-state index in [1.807, 2.05) is 6.07 Å². The lowest BCUT2D eigenvalue weighted by molar-refractivity contribution is -0.0924. The number of aromatic nitrogens is 3. The zero-order valence-corrected chi connectivity index (χ0v) is 12.7. The van der Waals surface area contributed by atoms with Crippen molar-refractivity contribution >= 4 is 28.5 Å². The Hall–Kier alpha value is -1.37. The van der Waals surface area contributed by atoms with Crippen LogP contribution >= 0.6 is 11.6 Å². The molecule has 7 heteroatoms. The molecule has 21 heavy (non-hydrogen) atoms. The molecule has 0 unspecified atom stereocenters. The molecule has 1 N–H and O–H groups in total. The fourth-order valence-corrected chi connectivity index (χ4v) is 3.46. The van der Waals surface area contributed by atoms with Crippen molar-refractivity contribution in [3.05, 3.63) is 17.5 Å². The number of rotatable bonds is 1. The van der Waals surface area contributed by atoms with Crippen LogP contribution < -0.4 is 4.90 Å². The third-order valence-corrected chi connectivity index (χ3v) is 4.27. The van der Waals surface area contributed by atoms with Gasteiger partial charge in [0.05, 0.1) is 30.2 Å². The van der Waals surface area contributed by atoms with Gasteiger partial charge in [0.25, 0.3) is 0 Å². The summed E-state index contributed by atoms with van der Waals surface area (Å²) in [6.45, 7) is 6.23. The molecule has 0 aromatic carbocycles. The molecule has 2 aliphatic heterocycles. The van der Waals surface area contributed by atoms with Crippen LogP contribution in [0.2, 0.25) is 5.15 Å². The van der Waals surface area contributed by atoms with Crippen LogP contribution in [0.3, 0.4) is 0 Å². The first-order valence-corrected chi connectivity index (χ1v) is 7.43. The van der Waals surface area contributed by atoms with Gasteiger partial charge < -0.3 is 19.4 Å². The van der Waals surface area contributed by atoms with Crippen LogP contribution in [0, 0.1) is 0 Å². The van der Waals surface area contributed by atoms with Crippen molar-refractivity contribution in [2.24, 2.45) is 0 Å². The van der Waals surface area contributed by atoms with Gasteiger partial charge in [0.2, 0.25) is 0 Å². The Labute approximate surface area is 127 Å². The number of H-pyrrole nitrogens is 1. The number of morpholine rings is 1. The monoisotopic (exact) mass is 308 g/mol. The molecule has 0 saturated carbocycles. The SMILES string of the molecule is CC1(C)CN(c2ncnc3[nH]c(Cl)cc23)[C@H]2COC[C@@H]2O1. The summed E-state index contributed by atoms with van der Waals surface area (Å²) in [6, 6.07) is 2.06. The highest BCUT2D eigenvalue weighted by Crippen LogP contribution is 2.35. The number of nitrogens with zero attached hydrogens (tertiary/aromatic N) is 3. The van der Waals surface area contributed by atoms with Crippen molar-refractivity contribution in [3.8, 4) is 0 Å². The largest absolute Gasteiger partial charge is 0.376 e. The normalized spacial score (nSPS) is 28.0. The average molecular weight is 309 g/mol. The summed E-state index contributed by atoms with van der Waals surface area (Å²) in [5.74, 6) is 0.889. The first-order valence-electron chi connectivity index (χ1n) is 7.05. The number of hydrogen-bond donors (Lipinski definition) is 1. The van der Waals surface area contributed by atoms with Gasteiger partial charge in [0, 0.05) is 6.54 Å². The molecule has 2 atom stereocenters. The molecule has 0 radical (unpaired) electrons. The smallest absolute Gasteiger partial charge is 0.144 e. The molecule has 2 aromatic rings. The van der Waals surface area contributed by atoms with Gasteiger partial charge in [-0.3, -0.25) is 0 Å². The second-order valence-corrected chi connectivity index (χ2v) is 6.63. The molecular formula is C14H17ClN4O2. The van der Waals surface area contributed by atoms with Crippen molar-refractivity contribution in [1.82, 2.24) is 15.0 Å². The Bertz CT molecular complexity index is 687. The summed E-state index contributed by atoms with van der Waals surface area (Å²) in [6.07, 6.45) is 1.64. The topological polar surface area (TPSA) is 63.3 Å². The standard InChI is InChI=1S/C14H17ClN4O2/c1-14(2)6-19(9-4-20-5-10(9)21-14)13-8-3-11(15)18-12(8)16-7-17-13/h3,7,9-10H,4-6H2,1-2H3,(H,16,17,18)/t9-,10-/m0/s1. The van der Waals surface area contributed by atoms with Gasteiger partial charge in [-0.05, 0) is 19.9 Å². The van der Waals surface area contributed by atoms with Gasteiger partial charge in [0.15, 0.2) is 0 Å². The zero-order valence-electron chi connectivity index (χ0n) is 12.0. The van der Waals surface area contributed by atoms with Crippen LogP contribution in [0.1, 0.15) is 13.8 Å². The summed E-state index contributed by atoms with van der Waals surface area (Å²) in [7, 11) is 0. The van der Waals surface area contributed by atoms with E-state index in [-0.39, 0.29) is 17.7 Å². The lowest BCUT2D eigenvalue weighted by atomic mass is 10.0. The minimum atomic E-state index is -0.244. The van der Waals surface area contributed by atoms with E-state index in [2.05, 4.69) is 33.7 Å². The van der Waals surface area contributed by atoms with Crippen LogP contribution in [0.25, 0.3) is 11.0 Å². The highest BCUT2D eigenvalue weighted by atomic mass is 35.5. The van der Waals surface area contributed by atoms with Gasteiger partial charge in [-0.25, -0.2) is 9.97 Å². The first kappa shape index (κ1) is 13.3. The summed E-state index contributed by atoms with van der Waals surface area (Å²) < 4.78 is 11.7. The van der Waals surface area contributed by atoms with Crippen molar-refractivity contribution in [1.29, 1.82) is 0 Å². The fraction of sp³-hybridized carbons (Fsp3) is 0.571. The number of hydrogen-bond acceptors (Lipinski definition) is 5. The van der Waals surface area contributed by atoms with E-state index in [1.54, 1.807) is 6.33 Å². The number of anilines is 1. The molecule has 4 rings (SSSR count). The second-order valence-electron chi connectivity index (χ2n) is 6.23. The Morgan fingerprint density at radius 3 is 3.10 bits per heavy atom. The number of halogens is 1. The zero-order chi connectivity index (χ0) is 14.6. The Morgan fingerprint density at radius 2 is 2.24 bits per heavy atom. The van der Waals surface area contributed by atoms with Crippen LogP contribution in [0.4, 0.5) is 5.82 Å². The van der Waals surface area contributed by atoms with Gasteiger partial charge in [-0.15, -0.1) is 0 Å².